The zero-order valence-corrected chi connectivity index (χ0v) is 10.3. The van der Waals surface area contributed by atoms with E-state index in [1.54, 1.807) is 12.5 Å². The Balaban J connectivity index is 2.17. The Kier molecular flexibility index (Phi) is 3.88. The maximum absolute atomic E-state index is 4.34. The van der Waals surface area contributed by atoms with Gasteiger partial charge >= 0.3 is 0 Å². The summed E-state index contributed by atoms with van der Waals surface area (Å²) in [5.41, 5.74) is 1.25. The topological polar surface area (TPSA) is 42.7 Å². The third-order valence-electron chi connectivity index (χ3n) is 2.74. The van der Waals surface area contributed by atoms with Gasteiger partial charge < -0.3 is 5.32 Å². The lowest BCUT2D eigenvalue weighted by Gasteiger charge is -2.14. The number of nitrogens with one attached hydrogen (secondary N) is 1. The van der Waals surface area contributed by atoms with E-state index in [0.717, 1.165) is 18.8 Å². The van der Waals surface area contributed by atoms with Crippen molar-refractivity contribution >= 4 is 0 Å². The van der Waals surface area contributed by atoms with Gasteiger partial charge in [0.2, 0.25) is 0 Å². The number of aromatic nitrogens is 3. The van der Waals surface area contributed by atoms with E-state index in [1.807, 2.05) is 23.0 Å². The Hall–Kier alpha value is -1.68. The fourth-order valence-corrected chi connectivity index (χ4v) is 1.72. The average Bonchev–Trinajstić information content (AvgIpc) is 2.90. The molecule has 2 heterocycles. The van der Waals surface area contributed by atoms with Crippen molar-refractivity contribution in [1.29, 1.82) is 0 Å². The molecule has 90 valence electrons. The Morgan fingerprint density at radius 1 is 1.41 bits per heavy atom. The molecule has 2 aromatic rings. The lowest BCUT2D eigenvalue weighted by molar-refractivity contribution is 0.570. The van der Waals surface area contributed by atoms with E-state index in [0.29, 0.717) is 6.04 Å². The van der Waals surface area contributed by atoms with E-state index in [1.165, 1.54) is 5.56 Å². The van der Waals surface area contributed by atoms with Crippen LogP contribution in [0.1, 0.15) is 31.9 Å². The van der Waals surface area contributed by atoms with Crippen LogP contribution >= 0.6 is 0 Å². The molecule has 0 aromatic carbocycles. The van der Waals surface area contributed by atoms with Crippen LogP contribution in [0.3, 0.4) is 0 Å². The van der Waals surface area contributed by atoms with Crippen molar-refractivity contribution in [3.05, 3.63) is 42.6 Å². The highest BCUT2D eigenvalue weighted by atomic mass is 15.1. The minimum Gasteiger partial charge on any atom is -0.310 e. The van der Waals surface area contributed by atoms with Gasteiger partial charge in [0.25, 0.3) is 0 Å². The number of hydrogen-bond donors (Lipinski definition) is 1. The number of rotatable bonds is 5. The Labute approximate surface area is 102 Å². The van der Waals surface area contributed by atoms with Gasteiger partial charge in [0.15, 0.2) is 0 Å². The zero-order valence-electron chi connectivity index (χ0n) is 10.3. The lowest BCUT2D eigenvalue weighted by Crippen LogP contribution is -2.19. The SMILES string of the molecule is CCCNC(C)c1ccnc(-n2ccnc2)c1. The number of pyridine rings is 1. The van der Waals surface area contributed by atoms with Crippen LogP contribution in [-0.2, 0) is 0 Å². The van der Waals surface area contributed by atoms with Crippen molar-refractivity contribution in [2.75, 3.05) is 6.54 Å². The summed E-state index contributed by atoms with van der Waals surface area (Å²) in [4.78, 5) is 8.37. The number of nitrogens with zero attached hydrogens (tertiary/aromatic N) is 3. The molecule has 0 saturated heterocycles. The van der Waals surface area contributed by atoms with Gasteiger partial charge in [0.1, 0.15) is 12.1 Å². The molecule has 0 spiro atoms. The molecule has 1 atom stereocenters. The van der Waals surface area contributed by atoms with Crippen LogP contribution in [0, 0.1) is 0 Å². The second-order valence-electron chi connectivity index (χ2n) is 4.09. The molecule has 0 radical (unpaired) electrons. The first-order chi connectivity index (χ1) is 8.31. The second kappa shape index (κ2) is 5.59. The molecule has 0 bridgehead atoms. The smallest absolute Gasteiger partial charge is 0.138 e. The van der Waals surface area contributed by atoms with Crippen LogP contribution in [0.5, 0.6) is 0 Å². The largest absolute Gasteiger partial charge is 0.310 e. The predicted molar refractivity (Wildman–Crippen MR) is 68.1 cm³/mol. The van der Waals surface area contributed by atoms with Gasteiger partial charge in [-0.2, -0.15) is 0 Å². The van der Waals surface area contributed by atoms with Gasteiger partial charge in [-0.25, -0.2) is 9.97 Å². The van der Waals surface area contributed by atoms with Crippen molar-refractivity contribution in [3.8, 4) is 5.82 Å². The molecule has 0 aliphatic carbocycles. The molecule has 0 amide bonds. The van der Waals surface area contributed by atoms with Crippen LogP contribution in [0.25, 0.3) is 5.82 Å². The third-order valence-corrected chi connectivity index (χ3v) is 2.74. The first-order valence-corrected chi connectivity index (χ1v) is 5.99. The summed E-state index contributed by atoms with van der Waals surface area (Å²) in [5.74, 6) is 0.908. The van der Waals surface area contributed by atoms with E-state index in [-0.39, 0.29) is 0 Å². The molecule has 0 aliphatic heterocycles. The lowest BCUT2D eigenvalue weighted by atomic mass is 10.1. The highest BCUT2D eigenvalue weighted by molar-refractivity contribution is 5.29. The Morgan fingerprint density at radius 2 is 2.29 bits per heavy atom. The van der Waals surface area contributed by atoms with Gasteiger partial charge in [-0.15, -0.1) is 0 Å². The van der Waals surface area contributed by atoms with Crippen LogP contribution < -0.4 is 5.32 Å². The summed E-state index contributed by atoms with van der Waals surface area (Å²) >= 11 is 0. The molecule has 0 fully saturated rings. The fraction of sp³-hybridized carbons (Fsp3) is 0.385. The van der Waals surface area contributed by atoms with Crippen molar-refractivity contribution in [2.24, 2.45) is 0 Å². The fourth-order valence-electron chi connectivity index (χ4n) is 1.72. The number of imidazole rings is 1. The summed E-state index contributed by atoms with van der Waals surface area (Å²) in [5, 5.41) is 3.47. The van der Waals surface area contributed by atoms with E-state index < -0.39 is 0 Å². The van der Waals surface area contributed by atoms with Crippen LogP contribution in [0.2, 0.25) is 0 Å². The molecule has 1 unspecified atom stereocenters. The first-order valence-electron chi connectivity index (χ1n) is 5.99. The first kappa shape index (κ1) is 11.8. The van der Waals surface area contributed by atoms with Crippen LogP contribution in [-0.4, -0.2) is 21.1 Å². The van der Waals surface area contributed by atoms with Gasteiger partial charge in [0.05, 0.1) is 0 Å². The third kappa shape index (κ3) is 2.91. The zero-order chi connectivity index (χ0) is 12.1. The van der Waals surface area contributed by atoms with Crippen LogP contribution in [0.4, 0.5) is 0 Å². The molecule has 2 aromatic heterocycles. The minimum atomic E-state index is 0.347. The molecule has 4 heteroatoms. The quantitative estimate of drug-likeness (QED) is 0.857. The van der Waals surface area contributed by atoms with Crippen molar-refractivity contribution in [1.82, 2.24) is 19.9 Å². The van der Waals surface area contributed by atoms with Crippen molar-refractivity contribution < 1.29 is 0 Å². The maximum atomic E-state index is 4.34. The second-order valence-corrected chi connectivity index (χ2v) is 4.09. The monoisotopic (exact) mass is 230 g/mol. The summed E-state index contributed by atoms with van der Waals surface area (Å²) in [6, 6.07) is 4.49. The molecule has 0 saturated carbocycles. The van der Waals surface area contributed by atoms with Gasteiger partial charge in [0, 0.05) is 24.6 Å². The average molecular weight is 230 g/mol. The highest BCUT2D eigenvalue weighted by Crippen LogP contribution is 2.14. The Morgan fingerprint density at radius 3 is 3.00 bits per heavy atom. The minimum absolute atomic E-state index is 0.347. The van der Waals surface area contributed by atoms with E-state index in [4.69, 9.17) is 0 Å². The predicted octanol–water partition coefficient (Wildman–Crippen LogP) is 2.33. The standard InChI is InChI=1S/C13H18N4/c1-3-5-15-11(2)12-4-6-16-13(9-12)17-8-7-14-10-17/h4,6-11,15H,3,5H2,1-2H3. The molecule has 2 rings (SSSR count). The van der Waals surface area contributed by atoms with Crippen molar-refractivity contribution in [2.45, 2.75) is 26.3 Å². The summed E-state index contributed by atoms with van der Waals surface area (Å²) in [7, 11) is 0. The molecule has 0 aliphatic rings. The van der Waals surface area contributed by atoms with Crippen LogP contribution in [0.15, 0.2) is 37.1 Å². The highest BCUT2D eigenvalue weighted by Gasteiger charge is 2.06. The number of hydrogen-bond acceptors (Lipinski definition) is 3. The normalized spacial score (nSPS) is 12.6. The molecular formula is C13H18N4. The summed E-state index contributed by atoms with van der Waals surface area (Å²) in [6.45, 7) is 5.37. The summed E-state index contributed by atoms with van der Waals surface area (Å²) < 4.78 is 1.91. The molecule has 1 N–H and O–H groups in total. The summed E-state index contributed by atoms with van der Waals surface area (Å²) in [6.07, 6.45) is 8.40. The van der Waals surface area contributed by atoms with Crippen molar-refractivity contribution in [3.63, 3.8) is 0 Å². The van der Waals surface area contributed by atoms with E-state index >= 15 is 0 Å². The van der Waals surface area contributed by atoms with E-state index in [9.17, 15) is 0 Å². The van der Waals surface area contributed by atoms with E-state index in [2.05, 4.69) is 35.2 Å². The molecule has 17 heavy (non-hydrogen) atoms. The maximum Gasteiger partial charge on any atom is 0.138 e. The molecular weight excluding hydrogens is 212 g/mol. The Bertz CT molecular complexity index is 450. The molecule has 4 nitrogen and oxygen atoms in total. The van der Waals surface area contributed by atoms with Gasteiger partial charge in [-0.3, -0.25) is 4.57 Å². The van der Waals surface area contributed by atoms with Gasteiger partial charge in [-0.05, 0) is 37.6 Å². The van der Waals surface area contributed by atoms with Gasteiger partial charge in [-0.1, -0.05) is 6.92 Å².